The zero-order valence-corrected chi connectivity index (χ0v) is 12.3. The van der Waals surface area contributed by atoms with Crippen LogP contribution in [-0.2, 0) is 6.18 Å². The summed E-state index contributed by atoms with van der Waals surface area (Å²) in [6.45, 7) is 1.41. The summed E-state index contributed by atoms with van der Waals surface area (Å²) in [6.07, 6.45) is -0.170. The van der Waals surface area contributed by atoms with Gasteiger partial charge in [0.05, 0.1) is 5.56 Å². The lowest BCUT2D eigenvalue weighted by atomic mass is 9.90. The SMILES string of the molecule is O=c1cc(C2CCN(c3ccc(C(F)(F)F)cn3)CC2)cc[nH]1. The molecular formula is C16H16F3N3O. The number of pyridine rings is 2. The minimum atomic E-state index is -4.36. The predicted octanol–water partition coefficient (Wildman–Crippen LogP) is 3.17. The lowest BCUT2D eigenvalue weighted by Crippen LogP contribution is -2.33. The molecule has 0 atom stereocenters. The molecule has 1 N–H and O–H groups in total. The van der Waals surface area contributed by atoms with Crippen molar-refractivity contribution in [2.45, 2.75) is 24.9 Å². The van der Waals surface area contributed by atoms with Gasteiger partial charge in [-0.25, -0.2) is 4.98 Å². The Bertz CT molecular complexity index is 716. The van der Waals surface area contributed by atoms with E-state index in [1.807, 2.05) is 11.0 Å². The van der Waals surface area contributed by atoms with Crippen molar-refractivity contribution in [1.29, 1.82) is 0 Å². The van der Waals surface area contributed by atoms with Gasteiger partial charge in [0.15, 0.2) is 0 Å². The fourth-order valence-electron chi connectivity index (χ4n) is 2.90. The highest BCUT2D eigenvalue weighted by atomic mass is 19.4. The van der Waals surface area contributed by atoms with Crippen molar-refractivity contribution in [3.63, 3.8) is 0 Å². The average Bonchev–Trinajstić information content (AvgIpc) is 2.54. The Labute approximate surface area is 131 Å². The van der Waals surface area contributed by atoms with Gasteiger partial charge in [-0.1, -0.05) is 0 Å². The first-order valence-corrected chi connectivity index (χ1v) is 7.40. The third-order valence-electron chi connectivity index (χ3n) is 4.16. The van der Waals surface area contributed by atoms with Gasteiger partial charge in [0, 0.05) is 31.5 Å². The van der Waals surface area contributed by atoms with Gasteiger partial charge < -0.3 is 9.88 Å². The molecule has 0 amide bonds. The van der Waals surface area contributed by atoms with Crippen LogP contribution in [0.15, 0.2) is 41.5 Å². The molecule has 3 heterocycles. The van der Waals surface area contributed by atoms with Crippen LogP contribution < -0.4 is 10.5 Å². The zero-order chi connectivity index (χ0) is 16.4. The van der Waals surface area contributed by atoms with E-state index in [9.17, 15) is 18.0 Å². The molecule has 2 aromatic heterocycles. The first-order valence-electron chi connectivity index (χ1n) is 7.40. The van der Waals surface area contributed by atoms with Crippen LogP contribution >= 0.6 is 0 Å². The lowest BCUT2D eigenvalue weighted by Gasteiger charge is -2.33. The van der Waals surface area contributed by atoms with Gasteiger partial charge >= 0.3 is 6.18 Å². The van der Waals surface area contributed by atoms with Crippen molar-refractivity contribution >= 4 is 5.82 Å². The van der Waals surface area contributed by atoms with E-state index in [2.05, 4.69) is 9.97 Å². The molecule has 7 heteroatoms. The topological polar surface area (TPSA) is 49.0 Å². The highest BCUT2D eigenvalue weighted by Gasteiger charge is 2.31. The van der Waals surface area contributed by atoms with Crippen LogP contribution in [-0.4, -0.2) is 23.1 Å². The molecular weight excluding hydrogens is 307 g/mol. The maximum atomic E-state index is 12.6. The van der Waals surface area contributed by atoms with Gasteiger partial charge in [-0.05, 0) is 42.5 Å². The van der Waals surface area contributed by atoms with E-state index in [-0.39, 0.29) is 5.56 Å². The zero-order valence-electron chi connectivity index (χ0n) is 12.3. The van der Waals surface area contributed by atoms with Crippen LogP contribution in [0, 0.1) is 0 Å². The number of H-pyrrole nitrogens is 1. The number of nitrogens with zero attached hydrogens (tertiary/aromatic N) is 2. The summed E-state index contributed by atoms with van der Waals surface area (Å²) in [5.41, 5.74) is 0.155. The number of aromatic amines is 1. The van der Waals surface area contributed by atoms with Crippen molar-refractivity contribution in [1.82, 2.24) is 9.97 Å². The summed E-state index contributed by atoms with van der Waals surface area (Å²) < 4.78 is 37.7. The van der Waals surface area contributed by atoms with Crippen molar-refractivity contribution in [2.24, 2.45) is 0 Å². The molecule has 2 aromatic rings. The summed E-state index contributed by atoms with van der Waals surface area (Å²) in [5, 5.41) is 0. The molecule has 1 aliphatic heterocycles. The number of hydrogen-bond acceptors (Lipinski definition) is 3. The molecule has 23 heavy (non-hydrogen) atoms. The molecule has 0 aromatic carbocycles. The second kappa shape index (κ2) is 6.06. The molecule has 0 aliphatic carbocycles. The fraction of sp³-hybridized carbons (Fsp3) is 0.375. The van der Waals surface area contributed by atoms with Crippen LogP contribution in [0.4, 0.5) is 19.0 Å². The Morgan fingerprint density at radius 3 is 2.48 bits per heavy atom. The number of anilines is 1. The first-order chi connectivity index (χ1) is 10.9. The van der Waals surface area contributed by atoms with Crippen LogP contribution in [0.25, 0.3) is 0 Å². The Hall–Kier alpha value is -2.31. The second-order valence-corrected chi connectivity index (χ2v) is 5.65. The molecule has 0 saturated carbocycles. The number of piperidine rings is 1. The maximum absolute atomic E-state index is 12.6. The van der Waals surface area contributed by atoms with E-state index >= 15 is 0 Å². The van der Waals surface area contributed by atoms with Gasteiger partial charge in [-0.15, -0.1) is 0 Å². The Balaban J connectivity index is 1.66. The number of rotatable bonds is 2. The van der Waals surface area contributed by atoms with E-state index < -0.39 is 11.7 Å². The number of aromatic nitrogens is 2. The van der Waals surface area contributed by atoms with Crippen LogP contribution in [0.2, 0.25) is 0 Å². The minimum absolute atomic E-state index is 0.116. The molecule has 0 spiro atoms. The van der Waals surface area contributed by atoms with Gasteiger partial charge in [-0.2, -0.15) is 13.2 Å². The van der Waals surface area contributed by atoms with Crippen molar-refractivity contribution < 1.29 is 13.2 Å². The standard InChI is InChI=1S/C16H16F3N3O/c17-16(18,19)13-1-2-14(21-10-13)22-7-4-11(5-8-22)12-3-6-20-15(23)9-12/h1-3,6,9-11H,4-5,7-8H2,(H,20,23). The molecule has 0 unspecified atom stereocenters. The first kappa shape index (κ1) is 15.6. The van der Waals surface area contributed by atoms with E-state index in [1.54, 1.807) is 12.3 Å². The fourth-order valence-corrected chi connectivity index (χ4v) is 2.90. The smallest absolute Gasteiger partial charge is 0.357 e. The molecule has 4 nitrogen and oxygen atoms in total. The summed E-state index contributed by atoms with van der Waals surface area (Å²) in [5.74, 6) is 0.852. The van der Waals surface area contributed by atoms with Crippen molar-refractivity contribution in [3.8, 4) is 0 Å². The van der Waals surface area contributed by atoms with Crippen LogP contribution in [0.5, 0.6) is 0 Å². The number of nitrogens with one attached hydrogen (secondary N) is 1. The van der Waals surface area contributed by atoms with Crippen molar-refractivity contribution in [2.75, 3.05) is 18.0 Å². The number of alkyl halides is 3. The van der Waals surface area contributed by atoms with Gasteiger partial charge in [0.1, 0.15) is 5.82 Å². The molecule has 3 rings (SSSR count). The maximum Gasteiger partial charge on any atom is 0.417 e. The monoisotopic (exact) mass is 323 g/mol. The molecule has 1 saturated heterocycles. The Kier molecular flexibility index (Phi) is 4.11. The predicted molar refractivity (Wildman–Crippen MR) is 80.5 cm³/mol. The largest absolute Gasteiger partial charge is 0.417 e. The van der Waals surface area contributed by atoms with Crippen molar-refractivity contribution in [3.05, 3.63) is 58.1 Å². The molecule has 1 fully saturated rings. The van der Waals surface area contributed by atoms with E-state index in [0.29, 0.717) is 24.8 Å². The minimum Gasteiger partial charge on any atom is -0.357 e. The summed E-state index contributed by atoms with van der Waals surface area (Å²) in [7, 11) is 0. The average molecular weight is 323 g/mol. The summed E-state index contributed by atoms with van der Waals surface area (Å²) in [6, 6.07) is 5.98. The summed E-state index contributed by atoms with van der Waals surface area (Å²) in [4.78, 5) is 19.9. The van der Waals surface area contributed by atoms with E-state index in [0.717, 1.165) is 30.7 Å². The van der Waals surface area contributed by atoms with E-state index in [4.69, 9.17) is 0 Å². The molecule has 1 aliphatic rings. The second-order valence-electron chi connectivity index (χ2n) is 5.65. The van der Waals surface area contributed by atoms with Gasteiger partial charge in [-0.3, -0.25) is 4.79 Å². The van der Waals surface area contributed by atoms with Crippen LogP contribution in [0.1, 0.15) is 29.9 Å². The Morgan fingerprint density at radius 2 is 1.91 bits per heavy atom. The van der Waals surface area contributed by atoms with E-state index in [1.165, 1.54) is 6.07 Å². The molecule has 122 valence electrons. The summed E-state index contributed by atoms with van der Waals surface area (Å²) >= 11 is 0. The quantitative estimate of drug-likeness (QED) is 0.923. The number of halogens is 3. The van der Waals surface area contributed by atoms with Gasteiger partial charge in [0.2, 0.25) is 5.56 Å². The van der Waals surface area contributed by atoms with Gasteiger partial charge in [0.25, 0.3) is 0 Å². The highest BCUT2D eigenvalue weighted by Crippen LogP contribution is 2.31. The third-order valence-corrected chi connectivity index (χ3v) is 4.16. The van der Waals surface area contributed by atoms with Crippen LogP contribution in [0.3, 0.4) is 0 Å². The Morgan fingerprint density at radius 1 is 1.17 bits per heavy atom. The highest BCUT2D eigenvalue weighted by molar-refractivity contribution is 5.40. The normalized spacial score (nSPS) is 16.6. The number of hydrogen-bond donors (Lipinski definition) is 1. The molecule has 0 bridgehead atoms. The lowest BCUT2D eigenvalue weighted by molar-refractivity contribution is -0.137. The molecule has 0 radical (unpaired) electrons. The third kappa shape index (κ3) is 3.55.